The molecule has 0 rings (SSSR count). The Morgan fingerprint density at radius 3 is 1.64 bits per heavy atom. The molecule has 0 fully saturated rings. The molecule has 0 aliphatic rings. The Balaban J connectivity index is 4.13. The van der Waals surface area contributed by atoms with Crippen molar-refractivity contribution in [2.45, 2.75) is 46.8 Å². The fourth-order valence-electron chi connectivity index (χ4n) is 0.942. The molecule has 0 bridgehead atoms. The molecule has 2 atom stereocenters. The lowest BCUT2D eigenvalue weighted by molar-refractivity contribution is 0.0276. The van der Waals surface area contributed by atoms with Crippen LogP contribution in [0, 0.1) is 11.3 Å². The van der Waals surface area contributed by atoms with Gasteiger partial charge in [-0.05, 0) is 11.3 Å². The van der Waals surface area contributed by atoms with Gasteiger partial charge in [0.2, 0.25) is 0 Å². The highest BCUT2D eigenvalue weighted by atomic mass is 16.3. The van der Waals surface area contributed by atoms with Crippen molar-refractivity contribution in [1.82, 2.24) is 0 Å². The molecule has 2 nitrogen and oxygen atoms in total. The van der Waals surface area contributed by atoms with Gasteiger partial charge in [0.25, 0.3) is 0 Å². The highest BCUT2D eigenvalue weighted by Crippen LogP contribution is 2.23. The Kier molecular flexibility index (Phi) is 3.52. The van der Waals surface area contributed by atoms with Crippen molar-refractivity contribution < 1.29 is 5.11 Å². The highest BCUT2D eigenvalue weighted by molar-refractivity contribution is 4.83. The van der Waals surface area contributed by atoms with E-state index in [2.05, 4.69) is 0 Å². The first-order chi connectivity index (χ1) is 4.76. The summed E-state index contributed by atoms with van der Waals surface area (Å²) in [6.07, 6.45) is -0.414. The lowest BCUT2D eigenvalue weighted by atomic mass is 9.81. The maximum atomic E-state index is 9.70. The van der Waals surface area contributed by atoms with Crippen molar-refractivity contribution in [3.8, 4) is 0 Å². The first-order valence-corrected chi connectivity index (χ1v) is 4.20. The van der Waals surface area contributed by atoms with Crippen LogP contribution in [0.5, 0.6) is 0 Å². The number of hydrogen-bond acceptors (Lipinski definition) is 2. The van der Waals surface area contributed by atoms with E-state index < -0.39 is 6.10 Å². The van der Waals surface area contributed by atoms with Crippen molar-refractivity contribution in [3.05, 3.63) is 0 Å². The van der Waals surface area contributed by atoms with Crippen molar-refractivity contribution in [2.24, 2.45) is 17.1 Å². The Labute approximate surface area is 69.8 Å². The number of rotatable bonds is 2. The van der Waals surface area contributed by atoms with Crippen molar-refractivity contribution in [2.75, 3.05) is 0 Å². The Hall–Kier alpha value is -0.0800. The van der Waals surface area contributed by atoms with Crippen LogP contribution in [-0.4, -0.2) is 17.3 Å². The molecule has 11 heavy (non-hydrogen) atoms. The van der Waals surface area contributed by atoms with Crippen LogP contribution in [0.1, 0.15) is 34.6 Å². The number of hydrogen-bond donors (Lipinski definition) is 2. The van der Waals surface area contributed by atoms with E-state index >= 15 is 0 Å². The normalized spacial score (nSPS) is 18.5. The van der Waals surface area contributed by atoms with E-state index in [0.717, 1.165) is 0 Å². The number of nitrogens with two attached hydrogens (primary N) is 1. The summed E-state index contributed by atoms with van der Waals surface area (Å²) in [5.41, 5.74) is 5.69. The van der Waals surface area contributed by atoms with Crippen LogP contribution in [0.4, 0.5) is 0 Å². The van der Waals surface area contributed by atoms with Crippen LogP contribution in [0.2, 0.25) is 0 Å². The smallest absolute Gasteiger partial charge is 0.0741 e. The van der Waals surface area contributed by atoms with E-state index in [1.54, 1.807) is 0 Å². The Bertz CT molecular complexity index is 115. The van der Waals surface area contributed by atoms with Crippen LogP contribution < -0.4 is 5.73 Å². The van der Waals surface area contributed by atoms with Gasteiger partial charge in [0.15, 0.2) is 0 Å². The van der Waals surface area contributed by atoms with Gasteiger partial charge >= 0.3 is 0 Å². The molecular formula is C9H21NO. The van der Waals surface area contributed by atoms with Crippen LogP contribution in [0.15, 0.2) is 0 Å². The molecule has 0 amide bonds. The summed E-state index contributed by atoms with van der Waals surface area (Å²) in [5, 5.41) is 9.70. The maximum Gasteiger partial charge on any atom is 0.0741 e. The van der Waals surface area contributed by atoms with Gasteiger partial charge in [0, 0.05) is 6.04 Å². The average molecular weight is 159 g/mol. The summed E-state index contributed by atoms with van der Waals surface area (Å²) < 4.78 is 0. The molecule has 0 heterocycles. The summed E-state index contributed by atoms with van der Waals surface area (Å²) in [7, 11) is 0. The molecule has 0 saturated carbocycles. The summed E-state index contributed by atoms with van der Waals surface area (Å²) in [6, 6.07) is -0.116. The SMILES string of the molecule is CC(C)[C@H](N)[C@@H](O)C(C)(C)C. The third-order valence-corrected chi connectivity index (χ3v) is 2.02. The maximum absolute atomic E-state index is 9.70. The van der Waals surface area contributed by atoms with Gasteiger partial charge in [0.1, 0.15) is 0 Å². The Morgan fingerprint density at radius 1 is 1.18 bits per heavy atom. The second-order valence-corrected chi connectivity index (χ2v) is 4.63. The summed E-state index contributed by atoms with van der Waals surface area (Å²) in [6.45, 7) is 10.1. The van der Waals surface area contributed by atoms with Crippen molar-refractivity contribution in [1.29, 1.82) is 0 Å². The minimum atomic E-state index is -0.414. The number of aliphatic hydroxyl groups is 1. The average Bonchev–Trinajstić information content (AvgIpc) is 1.82. The zero-order chi connectivity index (χ0) is 9.23. The standard InChI is InChI=1S/C9H21NO/c1-6(2)7(10)8(11)9(3,4)5/h6-8,11H,10H2,1-5H3/t7-,8+/m0/s1. The molecule has 68 valence electrons. The molecule has 3 N–H and O–H groups in total. The number of aliphatic hydroxyl groups excluding tert-OH is 1. The third-order valence-electron chi connectivity index (χ3n) is 2.02. The predicted molar refractivity (Wildman–Crippen MR) is 48.3 cm³/mol. The molecule has 2 heteroatoms. The predicted octanol–water partition coefficient (Wildman–Crippen LogP) is 1.38. The largest absolute Gasteiger partial charge is 0.391 e. The fraction of sp³-hybridized carbons (Fsp3) is 1.00. The second-order valence-electron chi connectivity index (χ2n) is 4.63. The molecule has 0 radical (unpaired) electrons. The second kappa shape index (κ2) is 3.55. The van der Waals surface area contributed by atoms with E-state index in [-0.39, 0.29) is 11.5 Å². The van der Waals surface area contributed by atoms with Crippen LogP contribution in [0.25, 0.3) is 0 Å². The summed E-state index contributed by atoms with van der Waals surface area (Å²) in [4.78, 5) is 0. The van der Waals surface area contributed by atoms with E-state index in [4.69, 9.17) is 5.73 Å². The minimum absolute atomic E-state index is 0.107. The molecule has 0 aromatic heterocycles. The first-order valence-electron chi connectivity index (χ1n) is 4.20. The van der Waals surface area contributed by atoms with E-state index in [0.29, 0.717) is 5.92 Å². The van der Waals surface area contributed by atoms with Gasteiger partial charge in [-0.2, -0.15) is 0 Å². The van der Waals surface area contributed by atoms with Gasteiger partial charge in [0.05, 0.1) is 6.10 Å². The molecule has 0 aliphatic heterocycles. The Morgan fingerprint density at radius 2 is 1.55 bits per heavy atom. The van der Waals surface area contributed by atoms with Crippen molar-refractivity contribution >= 4 is 0 Å². The van der Waals surface area contributed by atoms with Gasteiger partial charge in [-0.3, -0.25) is 0 Å². The minimum Gasteiger partial charge on any atom is -0.391 e. The molecule has 0 unspecified atom stereocenters. The van der Waals surface area contributed by atoms with Crippen LogP contribution in [-0.2, 0) is 0 Å². The van der Waals surface area contributed by atoms with Crippen LogP contribution >= 0.6 is 0 Å². The van der Waals surface area contributed by atoms with Gasteiger partial charge < -0.3 is 10.8 Å². The molecule has 0 aromatic rings. The highest BCUT2D eigenvalue weighted by Gasteiger charge is 2.29. The molecule has 0 aliphatic carbocycles. The van der Waals surface area contributed by atoms with E-state index in [1.165, 1.54) is 0 Å². The zero-order valence-corrected chi connectivity index (χ0v) is 8.26. The van der Waals surface area contributed by atoms with Crippen LogP contribution in [0.3, 0.4) is 0 Å². The van der Waals surface area contributed by atoms with Gasteiger partial charge in [-0.1, -0.05) is 34.6 Å². The van der Waals surface area contributed by atoms with Gasteiger partial charge in [-0.25, -0.2) is 0 Å². The summed E-state index contributed by atoms with van der Waals surface area (Å²) in [5.74, 6) is 0.337. The zero-order valence-electron chi connectivity index (χ0n) is 8.26. The van der Waals surface area contributed by atoms with Gasteiger partial charge in [-0.15, -0.1) is 0 Å². The van der Waals surface area contributed by atoms with E-state index in [1.807, 2.05) is 34.6 Å². The lowest BCUT2D eigenvalue weighted by Crippen LogP contribution is -2.46. The quantitative estimate of drug-likeness (QED) is 0.639. The summed E-state index contributed by atoms with van der Waals surface area (Å²) >= 11 is 0. The molecule has 0 spiro atoms. The molecular weight excluding hydrogens is 138 g/mol. The van der Waals surface area contributed by atoms with Crippen molar-refractivity contribution in [3.63, 3.8) is 0 Å². The lowest BCUT2D eigenvalue weighted by Gasteiger charge is -2.32. The molecule has 0 aromatic carbocycles. The van der Waals surface area contributed by atoms with E-state index in [9.17, 15) is 5.11 Å². The molecule has 0 saturated heterocycles. The first kappa shape index (κ1) is 10.9. The fourth-order valence-corrected chi connectivity index (χ4v) is 0.942. The monoisotopic (exact) mass is 159 g/mol. The third kappa shape index (κ3) is 3.21. The topological polar surface area (TPSA) is 46.2 Å².